The Kier molecular flexibility index (Phi) is 2.97. The van der Waals surface area contributed by atoms with Crippen LogP contribution in [0.4, 0.5) is 10.1 Å². The number of hydrogen-bond donors (Lipinski definition) is 1. The number of hydrogen-bond acceptors (Lipinski definition) is 5. The highest BCUT2D eigenvalue weighted by Crippen LogP contribution is 2.50. The third-order valence-electron chi connectivity index (χ3n) is 4.46. The third kappa shape index (κ3) is 2.09. The smallest absolute Gasteiger partial charge is 0.345 e. The summed E-state index contributed by atoms with van der Waals surface area (Å²) in [7, 11) is 0. The van der Waals surface area contributed by atoms with Gasteiger partial charge in [0.2, 0.25) is 0 Å². The summed E-state index contributed by atoms with van der Waals surface area (Å²) in [5, 5.41) is 14.7. The van der Waals surface area contributed by atoms with Gasteiger partial charge in [0.05, 0.1) is 4.92 Å². The van der Waals surface area contributed by atoms with Crippen LogP contribution >= 0.6 is 11.3 Å². The van der Waals surface area contributed by atoms with Crippen LogP contribution in [0.3, 0.4) is 0 Å². The van der Waals surface area contributed by atoms with E-state index in [1.165, 1.54) is 31.9 Å². The Balaban J connectivity index is 1.63. The number of nitro groups is 1. The lowest BCUT2D eigenvalue weighted by molar-refractivity contribution is -0.380. The Morgan fingerprint density at radius 3 is 2.94 bits per heavy atom. The molecule has 18 heavy (non-hydrogen) atoms. The Labute approximate surface area is 110 Å². The topological polar surface area (TPSA) is 68.1 Å². The normalized spacial score (nSPS) is 31.5. The Hall–Kier alpha value is -1.17. The van der Waals surface area contributed by atoms with E-state index in [9.17, 15) is 10.1 Å². The van der Waals surface area contributed by atoms with E-state index in [0.29, 0.717) is 17.1 Å². The molecule has 4 unspecified atom stereocenters. The van der Waals surface area contributed by atoms with Gasteiger partial charge in [0.15, 0.2) is 5.13 Å². The molecule has 1 aromatic heterocycles. The molecule has 2 fully saturated rings. The standard InChI is InChI=1S/C12H17N3O2S/c1-7(10-5-8-2-3-9(10)4-8)14-12-13-6-11(18-12)15(16)17/h6-10H,2-5H2,1H3,(H,13,14). The molecule has 5 nitrogen and oxygen atoms in total. The maximum atomic E-state index is 10.6. The third-order valence-corrected chi connectivity index (χ3v) is 5.34. The van der Waals surface area contributed by atoms with Crippen LogP contribution in [0, 0.1) is 27.9 Å². The molecular weight excluding hydrogens is 250 g/mol. The lowest BCUT2D eigenvalue weighted by atomic mass is 9.84. The van der Waals surface area contributed by atoms with Crippen molar-refractivity contribution in [1.29, 1.82) is 0 Å². The van der Waals surface area contributed by atoms with E-state index in [0.717, 1.165) is 23.2 Å². The van der Waals surface area contributed by atoms with Gasteiger partial charge in [-0.25, -0.2) is 4.98 Å². The van der Waals surface area contributed by atoms with E-state index >= 15 is 0 Å². The highest BCUT2D eigenvalue weighted by atomic mass is 32.1. The zero-order valence-corrected chi connectivity index (χ0v) is 11.2. The van der Waals surface area contributed by atoms with Crippen LogP contribution in [-0.4, -0.2) is 15.9 Å². The summed E-state index contributed by atoms with van der Waals surface area (Å²) in [6.45, 7) is 2.18. The fourth-order valence-electron chi connectivity index (χ4n) is 3.62. The fraction of sp³-hybridized carbons (Fsp3) is 0.750. The Bertz CT molecular complexity index is 462. The predicted octanol–water partition coefficient (Wildman–Crippen LogP) is 3.29. The van der Waals surface area contributed by atoms with Crippen molar-refractivity contribution < 1.29 is 4.92 Å². The average molecular weight is 267 g/mol. The quantitative estimate of drug-likeness (QED) is 0.671. The van der Waals surface area contributed by atoms with Crippen molar-refractivity contribution in [3.8, 4) is 0 Å². The molecule has 0 aromatic carbocycles. The monoisotopic (exact) mass is 267 g/mol. The lowest BCUT2D eigenvalue weighted by Crippen LogP contribution is -2.29. The van der Waals surface area contributed by atoms with E-state index < -0.39 is 0 Å². The molecule has 1 N–H and O–H groups in total. The van der Waals surface area contributed by atoms with Crippen molar-refractivity contribution >= 4 is 21.5 Å². The van der Waals surface area contributed by atoms with Crippen molar-refractivity contribution in [2.24, 2.45) is 17.8 Å². The number of anilines is 1. The molecule has 0 spiro atoms. The molecule has 2 bridgehead atoms. The maximum absolute atomic E-state index is 10.6. The van der Waals surface area contributed by atoms with E-state index in [2.05, 4.69) is 17.2 Å². The van der Waals surface area contributed by atoms with Gasteiger partial charge in [0.1, 0.15) is 6.20 Å². The Morgan fingerprint density at radius 1 is 1.56 bits per heavy atom. The molecule has 6 heteroatoms. The molecule has 0 amide bonds. The van der Waals surface area contributed by atoms with E-state index in [1.807, 2.05) is 0 Å². The van der Waals surface area contributed by atoms with Gasteiger partial charge in [0, 0.05) is 6.04 Å². The van der Waals surface area contributed by atoms with Crippen molar-refractivity contribution in [2.45, 2.75) is 38.6 Å². The summed E-state index contributed by atoms with van der Waals surface area (Å²) >= 11 is 1.13. The summed E-state index contributed by atoms with van der Waals surface area (Å²) in [5.74, 6) is 2.49. The maximum Gasteiger partial charge on any atom is 0.345 e. The molecule has 3 rings (SSSR count). The highest BCUT2D eigenvalue weighted by Gasteiger charge is 2.41. The minimum atomic E-state index is -0.384. The van der Waals surface area contributed by atoms with Crippen molar-refractivity contribution in [2.75, 3.05) is 5.32 Å². The summed E-state index contributed by atoms with van der Waals surface area (Å²) in [6.07, 6.45) is 6.79. The predicted molar refractivity (Wildman–Crippen MR) is 70.8 cm³/mol. The van der Waals surface area contributed by atoms with Gasteiger partial charge in [-0.3, -0.25) is 10.1 Å². The van der Waals surface area contributed by atoms with Gasteiger partial charge in [-0.2, -0.15) is 0 Å². The van der Waals surface area contributed by atoms with Gasteiger partial charge >= 0.3 is 5.00 Å². The fourth-order valence-corrected chi connectivity index (χ4v) is 4.35. The number of nitrogens with one attached hydrogen (secondary N) is 1. The van der Waals surface area contributed by atoms with Gasteiger partial charge in [-0.05, 0) is 55.3 Å². The second-order valence-corrected chi connectivity index (χ2v) is 6.54. The first-order valence-corrected chi connectivity index (χ1v) is 7.32. The first-order valence-electron chi connectivity index (χ1n) is 6.50. The largest absolute Gasteiger partial charge is 0.359 e. The SMILES string of the molecule is CC(Nc1ncc([N+](=O)[O-])s1)C1CC2CCC1C2. The molecule has 2 aliphatic rings. The second-order valence-electron chi connectivity index (χ2n) is 5.53. The first kappa shape index (κ1) is 11.9. The van der Waals surface area contributed by atoms with E-state index in [1.54, 1.807) is 0 Å². The summed E-state index contributed by atoms with van der Waals surface area (Å²) < 4.78 is 0. The molecule has 2 saturated carbocycles. The van der Waals surface area contributed by atoms with Crippen molar-refractivity contribution in [1.82, 2.24) is 4.98 Å². The molecular formula is C12H17N3O2S. The molecule has 0 radical (unpaired) electrons. The van der Waals surface area contributed by atoms with Crippen LogP contribution in [0.1, 0.15) is 32.6 Å². The van der Waals surface area contributed by atoms with Crippen LogP contribution in [0.25, 0.3) is 0 Å². The van der Waals surface area contributed by atoms with Crippen LogP contribution in [0.2, 0.25) is 0 Å². The Morgan fingerprint density at radius 2 is 2.39 bits per heavy atom. The van der Waals surface area contributed by atoms with E-state index in [4.69, 9.17) is 0 Å². The van der Waals surface area contributed by atoms with Crippen molar-refractivity contribution in [3.05, 3.63) is 16.3 Å². The average Bonchev–Trinajstić information content (AvgIpc) is 3.03. The number of fused-ring (bicyclic) bond motifs is 2. The summed E-state index contributed by atoms with van der Waals surface area (Å²) in [5.41, 5.74) is 0. The second kappa shape index (κ2) is 4.50. The van der Waals surface area contributed by atoms with Crippen LogP contribution in [0.15, 0.2) is 6.20 Å². The molecule has 2 aliphatic carbocycles. The van der Waals surface area contributed by atoms with Crippen LogP contribution in [0.5, 0.6) is 0 Å². The van der Waals surface area contributed by atoms with E-state index in [-0.39, 0.29) is 9.92 Å². The molecule has 0 saturated heterocycles. The number of aromatic nitrogens is 1. The minimum Gasteiger partial charge on any atom is -0.359 e. The molecule has 0 aliphatic heterocycles. The molecule has 98 valence electrons. The zero-order chi connectivity index (χ0) is 12.7. The summed E-state index contributed by atoms with van der Waals surface area (Å²) in [6, 6.07) is 0.367. The number of nitrogens with zero attached hydrogens (tertiary/aromatic N) is 2. The van der Waals surface area contributed by atoms with Gasteiger partial charge in [0.25, 0.3) is 0 Å². The number of rotatable bonds is 4. The lowest BCUT2D eigenvalue weighted by Gasteiger charge is -2.28. The van der Waals surface area contributed by atoms with Crippen LogP contribution < -0.4 is 5.32 Å². The van der Waals surface area contributed by atoms with Crippen molar-refractivity contribution in [3.63, 3.8) is 0 Å². The first-order chi connectivity index (χ1) is 8.63. The van der Waals surface area contributed by atoms with Gasteiger partial charge in [-0.15, -0.1) is 0 Å². The van der Waals surface area contributed by atoms with Gasteiger partial charge in [-0.1, -0.05) is 6.42 Å². The number of thiazole rings is 1. The summed E-state index contributed by atoms with van der Waals surface area (Å²) in [4.78, 5) is 14.3. The molecule has 1 aromatic rings. The zero-order valence-electron chi connectivity index (χ0n) is 10.3. The van der Waals surface area contributed by atoms with Crippen LogP contribution in [-0.2, 0) is 0 Å². The minimum absolute atomic E-state index is 0.109. The highest BCUT2D eigenvalue weighted by molar-refractivity contribution is 7.18. The molecule has 4 atom stereocenters. The van der Waals surface area contributed by atoms with Gasteiger partial charge < -0.3 is 5.32 Å². The molecule has 1 heterocycles.